The van der Waals surface area contributed by atoms with Crippen molar-refractivity contribution in [3.63, 3.8) is 0 Å². The summed E-state index contributed by atoms with van der Waals surface area (Å²) in [7, 11) is 2.10. The van der Waals surface area contributed by atoms with Crippen LogP contribution in [-0.4, -0.2) is 11.9 Å². The van der Waals surface area contributed by atoms with E-state index in [-0.39, 0.29) is 0 Å². The number of allylic oxidation sites excluding steroid dienone is 2. The normalized spacial score (nSPS) is 23.2. The maximum atomic E-state index is 2.32. The Balaban J connectivity index is 1.93. The molecule has 2 unspecified atom stereocenters. The quantitative estimate of drug-likeness (QED) is 0.739. The molecule has 1 heteroatoms. The van der Waals surface area contributed by atoms with Gasteiger partial charge < -0.3 is 4.90 Å². The van der Waals surface area contributed by atoms with E-state index in [2.05, 4.69) is 85.0 Å². The summed E-state index contributed by atoms with van der Waals surface area (Å²) in [5, 5.41) is 0. The number of hydrogen-bond donors (Lipinski definition) is 0. The lowest BCUT2D eigenvalue weighted by atomic mass is 9.87. The lowest BCUT2D eigenvalue weighted by Crippen LogP contribution is -2.12. The van der Waals surface area contributed by atoms with Crippen molar-refractivity contribution in [2.75, 3.05) is 7.05 Å². The summed E-state index contributed by atoms with van der Waals surface area (Å²) < 4.78 is 0. The number of hydrogen-bond acceptors (Lipinski definition) is 1. The first-order valence-electron chi connectivity index (χ1n) is 7.10. The Morgan fingerprint density at radius 3 is 2.35 bits per heavy atom. The van der Waals surface area contributed by atoms with Gasteiger partial charge in [-0.15, -0.1) is 0 Å². The molecule has 0 amide bonds. The van der Waals surface area contributed by atoms with E-state index in [0.717, 1.165) is 0 Å². The molecule has 0 fully saturated rings. The van der Waals surface area contributed by atoms with Crippen LogP contribution in [0.3, 0.4) is 0 Å². The highest BCUT2D eigenvalue weighted by molar-refractivity contribution is 5.58. The van der Waals surface area contributed by atoms with E-state index < -0.39 is 0 Å². The van der Waals surface area contributed by atoms with Gasteiger partial charge in [-0.3, -0.25) is 0 Å². The number of nitrogens with zero attached hydrogens (tertiary/aromatic N) is 1. The summed E-state index contributed by atoms with van der Waals surface area (Å²) in [5.74, 6) is 0.831. The third-order valence-electron chi connectivity index (χ3n) is 4.33. The van der Waals surface area contributed by atoms with E-state index in [9.17, 15) is 0 Å². The minimum Gasteiger partial charge on any atom is -0.358 e. The van der Waals surface area contributed by atoms with Gasteiger partial charge in [-0.25, -0.2) is 0 Å². The zero-order valence-electron chi connectivity index (χ0n) is 11.5. The molecule has 0 N–H and O–H groups in total. The van der Waals surface area contributed by atoms with Gasteiger partial charge in [0, 0.05) is 31.3 Å². The topological polar surface area (TPSA) is 3.24 Å². The summed E-state index contributed by atoms with van der Waals surface area (Å²) in [5.41, 5.74) is 5.78. The average Bonchev–Trinajstić information content (AvgIpc) is 2.81. The molecule has 0 aromatic heterocycles. The van der Waals surface area contributed by atoms with Crippen LogP contribution in [0.5, 0.6) is 0 Å². The van der Waals surface area contributed by atoms with Crippen LogP contribution in [0.2, 0.25) is 0 Å². The molecule has 2 atom stereocenters. The second kappa shape index (κ2) is 4.38. The fourth-order valence-corrected chi connectivity index (χ4v) is 3.48. The number of benzene rings is 2. The van der Waals surface area contributed by atoms with Gasteiger partial charge in [-0.05, 0) is 22.3 Å². The maximum absolute atomic E-state index is 2.32. The highest BCUT2D eigenvalue weighted by atomic mass is 15.1. The molecule has 0 spiro atoms. The first kappa shape index (κ1) is 11.5. The molecular formula is C19H17N. The van der Waals surface area contributed by atoms with Crippen LogP contribution in [-0.2, 0) is 0 Å². The van der Waals surface area contributed by atoms with Crippen molar-refractivity contribution in [2.24, 2.45) is 0 Å². The molecule has 2 aliphatic rings. The molecule has 4 rings (SSSR count). The maximum Gasteiger partial charge on any atom is 0.0328 e. The fraction of sp³-hybridized carbons (Fsp3) is 0.158. The van der Waals surface area contributed by atoms with Crippen molar-refractivity contribution in [2.45, 2.75) is 11.8 Å². The summed E-state index contributed by atoms with van der Waals surface area (Å²) in [6.45, 7) is 0. The average molecular weight is 259 g/mol. The van der Waals surface area contributed by atoms with Crippen molar-refractivity contribution in [3.05, 3.63) is 95.3 Å². The van der Waals surface area contributed by atoms with Crippen molar-refractivity contribution in [1.82, 2.24) is 4.90 Å². The van der Waals surface area contributed by atoms with E-state index in [1.54, 1.807) is 0 Å². The summed E-state index contributed by atoms with van der Waals surface area (Å²) >= 11 is 0. The van der Waals surface area contributed by atoms with Crippen LogP contribution in [0.15, 0.2) is 78.6 Å². The Kier molecular flexibility index (Phi) is 2.53. The Morgan fingerprint density at radius 1 is 0.850 bits per heavy atom. The van der Waals surface area contributed by atoms with Gasteiger partial charge in [-0.2, -0.15) is 0 Å². The zero-order valence-corrected chi connectivity index (χ0v) is 11.5. The summed E-state index contributed by atoms with van der Waals surface area (Å²) in [6.07, 6.45) is 6.78. The second-order valence-corrected chi connectivity index (χ2v) is 5.59. The molecule has 1 nitrogen and oxygen atoms in total. The molecule has 1 heterocycles. The van der Waals surface area contributed by atoms with Crippen molar-refractivity contribution in [1.29, 1.82) is 0 Å². The minimum absolute atomic E-state index is 0.393. The van der Waals surface area contributed by atoms with Gasteiger partial charge in [0.25, 0.3) is 0 Å². The van der Waals surface area contributed by atoms with E-state index in [1.165, 1.54) is 22.3 Å². The summed E-state index contributed by atoms with van der Waals surface area (Å²) in [6, 6.07) is 19.7. The Hall–Kier alpha value is -2.28. The molecule has 2 aromatic rings. The van der Waals surface area contributed by atoms with Crippen LogP contribution in [0.1, 0.15) is 28.5 Å². The molecule has 2 aromatic carbocycles. The molecule has 0 radical (unpaired) electrons. The van der Waals surface area contributed by atoms with E-state index >= 15 is 0 Å². The SMILES string of the molecule is CN1C=CC2C(=C1)C(c1ccccc1)c1ccccc12. The standard InChI is InChI=1S/C19H17N/c1-20-12-11-16-15-9-5-6-10-17(15)19(18(16)13-20)14-7-3-2-4-8-14/h2-13,16,19H,1H3. The van der Waals surface area contributed by atoms with Crippen LogP contribution < -0.4 is 0 Å². The Labute approximate surface area is 119 Å². The van der Waals surface area contributed by atoms with Gasteiger partial charge in [0.2, 0.25) is 0 Å². The second-order valence-electron chi connectivity index (χ2n) is 5.59. The van der Waals surface area contributed by atoms with Gasteiger partial charge >= 0.3 is 0 Å². The highest BCUT2D eigenvalue weighted by Crippen LogP contribution is 2.50. The Morgan fingerprint density at radius 2 is 1.55 bits per heavy atom. The molecule has 0 bridgehead atoms. The Bertz CT molecular complexity index is 697. The molecule has 98 valence electrons. The lowest BCUT2D eigenvalue weighted by molar-refractivity contribution is 0.590. The fourth-order valence-electron chi connectivity index (χ4n) is 3.48. The molecule has 0 saturated carbocycles. The van der Waals surface area contributed by atoms with Crippen LogP contribution >= 0.6 is 0 Å². The van der Waals surface area contributed by atoms with Gasteiger partial charge in [0.1, 0.15) is 0 Å². The third-order valence-corrected chi connectivity index (χ3v) is 4.33. The number of rotatable bonds is 1. The highest BCUT2D eigenvalue weighted by Gasteiger charge is 2.36. The van der Waals surface area contributed by atoms with Crippen molar-refractivity contribution >= 4 is 0 Å². The zero-order chi connectivity index (χ0) is 13.5. The van der Waals surface area contributed by atoms with Crippen LogP contribution in [0.25, 0.3) is 0 Å². The monoisotopic (exact) mass is 259 g/mol. The van der Waals surface area contributed by atoms with Gasteiger partial charge in [0.15, 0.2) is 0 Å². The van der Waals surface area contributed by atoms with E-state index in [0.29, 0.717) is 11.8 Å². The number of fused-ring (bicyclic) bond motifs is 3. The first-order valence-corrected chi connectivity index (χ1v) is 7.10. The van der Waals surface area contributed by atoms with E-state index in [1.807, 2.05) is 0 Å². The molecule has 20 heavy (non-hydrogen) atoms. The predicted molar refractivity (Wildman–Crippen MR) is 82.5 cm³/mol. The van der Waals surface area contributed by atoms with Crippen molar-refractivity contribution < 1.29 is 0 Å². The molecule has 1 aliphatic carbocycles. The third kappa shape index (κ3) is 1.63. The van der Waals surface area contributed by atoms with Crippen LogP contribution in [0.4, 0.5) is 0 Å². The largest absolute Gasteiger partial charge is 0.358 e. The van der Waals surface area contributed by atoms with Gasteiger partial charge in [-0.1, -0.05) is 60.7 Å². The van der Waals surface area contributed by atoms with Crippen LogP contribution in [0, 0.1) is 0 Å². The molecular weight excluding hydrogens is 242 g/mol. The smallest absolute Gasteiger partial charge is 0.0328 e. The van der Waals surface area contributed by atoms with E-state index in [4.69, 9.17) is 0 Å². The first-order chi connectivity index (χ1) is 9.84. The van der Waals surface area contributed by atoms with Gasteiger partial charge in [0.05, 0.1) is 0 Å². The van der Waals surface area contributed by atoms with Crippen molar-refractivity contribution in [3.8, 4) is 0 Å². The lowest BCUT2D eigenvalue weighted by Gasteiger charge is -2.23. The summed E-state index contributed by atoms with van der Waals surface area (Å²) in [4.78, 5) is 2.16. The molecule has 1 aliphatic heterocycles. The molecule has 0 saturated heterocycles. The minimum atomic E-state index is 0.393. The predicted octanol–water partition coefficient (Wildman–Crippen LogP) is 4.26.